The minimum Gasteiger partial charge on any atom is -0.453 e. The lowest BCUT2D eigenvalue weighted by Gasteiger charge is -2.26. The second kappa shape index (κ2) is 8.50. The Morgan fingerprint density at radius 1 is 1.16 bits per heavy atom. The molecular weight excluding hydrogens is 442 g/mol. The molecule has 0 fully saturated rings. The summed E-state index contributed by atoms with van der Waals surface area (Å²) in [5, 5.41) is 6.11. The van der Waals surface area contributed by atoms with Gasteiger partial charge in [0.25, 0.3) is 0 Å². The van der Waals surface area contributed by atoms with E-state index in [0.717, 1.165) is 38.1 Å². The summed E-state index contributed by atoms with van der Waals surface area (Å²) in [7, 11) is 0. The highest BCUT2D eigenvalue weighted by Crippen LogP contribution is 2.42. The first-order valence-electron chi connectivity index (χ1n) is 10.0. The molecule has 4 aromatic rings. The van der Waals surface area contributed by atoms with Crippen molar-refractivity contribution in [3.05, 3.63) is 71.2 Å². The molecule has 1 unspecified atom stereocenters. The molecule has 0 saturated heterocycles. The maximum Gasteiger partial charge on any atom is 0.199 e. The summed E-state index contributed by atoms with van der Waals surface area (Å²) in [5.74, 6) is 2.03. The van der Waals surface area contributed by atoms with Crippen LogP contribution in [0, 0.1) is 13.8 Å². The van der Waals surface area contributed by atoms with E-state index in [9.17, 15) is 0 Å². The van der Waals surface area contributed by atoms with E-state index in [2.05, 4.69) is 10.1 Å². The zero-order chi connectivity index (χ0) is 22.2. The Morgan fingerprint density at radius 3 is 2.72 bits per heavy atom. The quantitative estimate of drug-likeness (QED) is 0.392. The van der Waals surface area contributed by atoms with Crippen molar-refractivity contribution in [2.45, 2.75) is 36.1 Å². The average molecular weight is 464 g/mol. The molecule has 0 spiro atoms. The number of fused-ring (bicyclic) bond motifs is 1. The fraction of sp³-hybridized carbons (Fsp3) is 0.174. The molecule has 0 amide bonds. The second-order valence-electron chi connectivity index (χ2n) is 7.37. The molecule has 32 heavy (non-hydrogen) atoms. The number of aryl methyl sites for hydroxylation is 2. The van der Waals surface area contributed by atoms with Crippen molar-refractivity contribution in [3.8, 4) is 11.5 Å². The second-order valence-corrected chi connectivity index (χ2v) is 9.48. The number of ether oxygens (including phenoxy) is 1. The Balaban J connectivity index is 1.56. The molecule has 1 aromatic carbocycles. The highest BCUT2D eigenvalue weighted by atomic mass is 32.2. The van der Waals surface area contributed by atoms with Gasteiger partial charge in [-0.3, -0.25) is 0 Å². The van der Waals surface area contributed by atoms with Crippen LogP contribution in [0.5, 0.6) is 11.5 Å². The molecule has 0 radical (unpaired) electrons. The average Bonchev–Trinajstić information content (AvgIpc) is 3.31. The molecule has 0 bridgehead atoms. The predicted octanol–water partition coefficient (Wildman–Crippen LogP) is 5.83. The maximum absolute atomic E-state index is 6.32. The van der Waals surface area contributed by atoms with Crippen LogP contribution in [0.2, 0.25) is 0 Å². The third-order valence-corrected chi connectivity index (χ3v) is 6.88. The summed E-state index contributed by atoms with van der Waals surface area (Å²) >= 11 is 3.09. The summed E-state index contributed by atoms with van der Waals surface area (Å²) in [6, 6.07) is 13.6. The number of pyridine rings is 2. The van der Waals surface area contributed by atoms with E-state index < -0.39 is 0 Å². The lowest BCUT2D eigenvalue weighted by Crippen LogP contribution is -2.35. The normalized spacial score (nSPS) is 15.9. The van der Waals surface area contributed by atoms with Gasteiger partial charge in [-0.05, 0) is 44.4 Å². The van der Waals surface area contributed by atoms with Crippen molar-refractivity contribution in [2.75, 3.05) is 4.90 Å². The van der Waals surface area contributed by atoms with Crippen LogP contribution in [0.25, 0.3) is 11.1 Å². The smallest absolute Gasteiger partial charge is 0.199 e. The van der Waals surface area contributed by atoms with Crippen LogP contribution in [-0.4, -0.2) is 20.6 Å². The van der Waals surface area contributed by atoms with E-state index in [0.29, 0.717) is 17.2 Å². The summed E-state index contributed by atoms with van der Waals surface area (Å²) in [5.41, 5.74) is 10.2. The number of thioether (sulfide) groups is 1. The fourth-order valence-electron chi connectivity index (χ4n) is 3.45. The number of aromatic nitrogens is 3. The zero-order valence-electron chi connectivity index (χ0n) is 17.8. The highest BCUT2D eigenvalue weighted by molar-refractivity contribution is 8.03. The van der Waals surface area contributed by atoms with E-state index >= 15 is 0 Å². The molecule has 5 rings (SSSR count). The molecule has 4 heterocycles. The maximum atomic E-state index is 6.32. The van der Waals surface area contributed by atoms with Crippen molar-refractivity contribution in [1.29, 1.82) is 0 Å². The lowest BCUT2D eigenvalue weighted by atomic mass is 10.3. The van der Waals surface area contributed by atoms with Gasteiger partial charge in [-0.15, -0.1) is 0 Å². The van der Waals surface area contributed by atoms with Crippen molar-refractivity contribution in [3.63, 3.8) is 0 Å². The van der Waals surface area contributed by atoms with Crippen molar-refractivity contribution < 1.29 is 9.26 Å². The lowest BCUT2D eigenvalue weighted by molar-refractivity contribution is 0.446. The van der Waals surface area contributed by atoms with Gasteiger partial charge in [0.2, 0.25) is 0 Å². The van der Waals surface area contributed by atoms with Crippen molar-refractivity contribution in [2.24, 2.45) is 5.73 Å². The summed E-state index contributed by atoms with van der Waals surface area (Å²) in [6.07, 6.45) is 1.83. The van der Waals surface area contributed by atoms with Crippen LogP contribution in [0.15, 0.2) is 74.1 Å². The van der Waals surface area contributed by atoms with Gasteiger partial charge >= 0.3 is 0 Å². The molecule has 0 aliphatic carbocycles. The Labute approximate surface area is 194 Å². The van der Waals surface area contributed by atoms with E-state index in [1.807, 2.05) is 79.7 Å². The largest absolute Gasteiger partial charge is 0.453 e. The summed E-state index contributed by atoms with van der Waals surface area (Å²) in [6.45, 7) is 5.87. The first-order chi connectivity index (χ1) is 15.5. The SMILES string of the molecule is CC1=CSC(N)N1c1ncc(Sc2cc(C)nc3c(C)noc23)cc1Oc1ccccc1. The summed E-state index contributed by atoms with van der Waals surface area (Å²) < 4.78 is 11.8. The third-order valence-electron chi connectivity index (χ3n) is 4.93. The Morgan fingerprint density at radius 2 is 1.97 bits per heavy atom. The van der Waals surface area contributed by atoms with Crippen LogP contribution in [-0.2, 0) is 0 Å². The van der Waals surface area contributed by atoms with Gasteiger partial charge in [-0.1, -0.05) is 46.9 Å². The Kier molecular flexibility index (Phi) is 5.54. The number of nitrogens with zero attached hydrogens (tertiary/aromatic N) is 4. The van der Waals surface area contributed by atoms with Crippen LogP contribution in [0.4, 0.5) is 5.82 Å². The third kappa shape index (κ3) is 3.94. The molecule has 162 valence electrons. The first-order valence-corrected chi connectivity index (χ1v) is 11.8. The number of rotatable bonds is 5. The molecule has 1 aliphatic heterocycles. The van der Waals surface area contributed by atoms with Crippen LogP contribution >= 0.6 is 23.5 Å². The van der Waals surface area contributed by atoms with Crippen molar-refractivity contribution >= 4 is 40.4 Å². The molecule has 9 heteroatoms. The molecule has 3 aromatic heterocycles. The van der Waals surface area contributed by atoms with Gasteiger partial charge < -0.3 is 19.9 Å². The highest BCUT2D eigenvalue weighted by Gasteiger charge is 2.27. The summed E-state index contributed by atoms with van der Waals surface area (Å²) in [4.78, 5) is 13.1. The van der Waals surface area contributed by atoms with Gasteiger partial charge in [0.05, 0.1) is 4.90 Å². The van der Waals surface area contributed by atoms with Crippen molar-refractivity contribution in [1.82, 2.24) is 15.1 Å². The number of nitrogens with two attached hydrogens (primary N) is 1. The number of allylic oxidation sites excluding steroid dienone is 1. The monoisotopic (exact) mass is 463 g/mol. The Hall–Kier alpha value is -3.01. The fourth-order valence-corrected chi connectivity index (χ4v) is 5.26. The number of anilines is 1. The molecule has 1 atom stereocenters. The zero-order valence-corrected chi connectivity index (χ0v) is 19.4. The van der Waals surface area contributed by atoms with Gasteiger partial charge in [0.1, 0.15) is 22.5 Å². The van der Waals surface area contributed by atoms with Crippen LogP contribution in [0.3, 0.4) is 0 Å². The standard InChI is InChI=1S/C23H21N5O2S2/c1-13-9-19(21-20(26-13)15(3)27-30-21)32-17-10-18(29-16-7-5-4-6-8-16)22(25-11-17)28-14(2)12-31-23(28)24/h4-12,23H,24H2,1-3H3. The first kappa shape index (κ1) is 20.9. The van der Waals surface area contributed by atoms with Gasteiger partial charge in [0.15, 0.2) is 17.2 Å². The number of hydrogen-bond acceptors (Lipinski definition) is 9. The molecule has 7 nitrogen and oxygen atoms in total. The predicted molar refractivity (Wildman–Crippen MR) is 128 cm³/mol. The number of hydrogen-bond donors (Lipinski definition) is 1. The molecular formula is C23H21N5O2S2. The van der Waals surface area contributed by atoms with Crippen LogP contribution < -0.4 is 15.4 Å². The Bertz CT molecular complexity index is 1320. The number of benzene rings is 1. The topological polar surface area (TPSA) is 90.3 Å². The van der Waals surface area contributed by atoms with Crippen LogP contribution in [0.1, 0.15) is 18.3 Å². The van der Waals surface area contributed by atoms with E-state index in [-0.39, 0.29) is 5.50 Å². The number of para-hydroxylation sites is 1. The molecule has 2 N–H and O–H groups in total. The van der Waals surface area contributed by atoms with Gasteiger partial charge in [-0.25, -0.2) is 9.97 Å². The molecule has 0 saturated carbocycles. The van der Waals surface area contributed by atoms with Gasteiger partial charge in [0, 0.05) is 28.5 Å². The molecule has 1 aliphatic rings. The minimum absolute atomic E-state index is 0.251. The minimum atomic E-state index is -0.251. The van der Waals surface area contributed by atoms with E-state index in [1.54, 1.807) is 11.8 Å². The van der Waals surface area contributed by atoms with E-state index in [1.165, 1.54) is 11.8 Å². The van der Waals surface area contributed by atoms with Gasteiger partial charge in [-0.2, -0.15) is 0 Å². The van der Waals surface area contributed by atoms with E-state index in [4.69, 9.17) is 20.0 Å².